The lowest BCUT2D eigenvalue weighted by Gasteiger charge is -2.21. The maximum absolute atomic E-state index is 12.9. The number of hydrogen-bond donors (Lipinski definition) is 2. The predicted molar refractivity (Wildman–Crippen MR) is 151 cm³/mol. The molecule has 3 N–H and O–H groups in total. The molecule has 3 aromatic rings. The molecule has 2 aromatic carbocycles. The number of halogens is 6. The molecule has 0 spiro atoms. The number of aryl methyl sites for hydroxylation is 2. The number of thiophene rings is 1. The molecule has 0 saturated heterocycles. The maximum atomic E-state index is 12.9. The van der Waals surface area contributed by atoms with Crippen LogP contribution in [0.25, 0.3) is 11.1 Å². The minimum Gasteiger partial charge on any atom is -0.485 e. The van der Waals surface area contributed by atoms with Gasteiger partial charge >= 0.3 is 12.5 Å². The fraction of sp³-hybridized carbons (Fsp3) is 0.379. The van der Waals surface area contributed by atoms with Gasteiger partial charge in [-0.25, -0.2) is 0 Å². The van der Waals surface area contributed by atoms with Crippen LogP contribution in [0.3, 0.4) is 0 Å². The second kappa shape index (κ2) is 17.9. The molecule has 6 nitrogen and oxygen atoms in total. The molecule has 1 heterocycles. The van der Waals surface area contributed by atoms with Gasteiger partial charge < -0.3 is 20.3 Å². The van der Waals surface area contributed by atoms with Gasteiger partial charge in [-0.2, -0.15) is 13.2 Å². The SMILES string of the molecule is CC.CC.Cc1cc(OC(CCC(F)(F)F)c2ccc(C(N)=O)s2)cc(C)c1-c1ccc(OC(F)(F)F)cc1.O=CO. The molecular formula is C29H35F6NO5S. The van der Waals surface area contributed by atoms with Crippen LogP contribution in [0.5, 0.6) is 11.5 Å². The molecule has 0 aliphatic rings. The van der Waals surface area contributed by atoms with E-state index in [1.165, 1.54) is 36.4 Å². The first-order chi connectivity index (χ1) is 19.6. The van der Waals surface area contributed by atoms with Crippen molar-refractivity contribution in [2.45, 2.75) is 73.0 Å². The standard InChI is InChI=1S/C24H21F6NO3S.2C2H6.CH2O2/c1-13-11-17(12-14(2)21(13)15-3-5-16(6-4-15)34-24(28,29)30)33-18(9-10-23(25,26)27)19-7-8-20(35-19)22(31)32;2*1-2;2-1-3/h3-8,11-12,18H,9-10H2,1-2H3,(H2,31,32);2*1-2H3;1H,(H,2,3). The van der Waals surface area contributed by atoms with Crippen molar-refractivity contribution >= 4 is 23.7 Å². The molecule has 0 saturated carbocycles. The van der Waals surface area contributed by atoms with Gasteiger partial charge in [-0.1, -0.05) is 39.8 Å². The molecule has 1 amide bonds. The largest absolute Gasteiger partial charge is 0.573 e. The maximum Gasteiger partial charge on any atom is 0.573 e. The van der Waals surface area contributed by atoms with E-state index < -0.39 is 31.0 Å². The molecule has 0 aliphatic heterocycles. The number of carbonyl (C=O) groups excluding carboxylic acids is 1. The third-order valence-electron chi connectivity index (χ3n) is 5.04. The third-order valence-corrected chi connectivity index (χ3v) is 6.23. The smallest absolute Gasteiger partial charge is 0.485 e. The number of primary amides is 1. The first-order valence-electron chi connectivity index (χ1n) is 12.8. The average Bonchev–Trinajstić information content (AvgIpc) is 3.39. The van der Waals surface area contributed by atoms with Gasteiger partial charge in [0.15, 0.2) is 0 Å². The number of benzene rings is 2. The molecular weight excluding hydrogens is 588 g/mol. The van der Waals surface area contributed by atoms with Crippen LogP contribution in [0.2, 0.25) is 0 Å². The number of nitrogens with two attached hydrogens (primary N) is 1. The highest BCUT2D eigenvalue weighted by Crippen LogP contribution is 2.37. The van der Waals surface area contributed by atoms with Crippen LogP contribution in [0, 0.1) is 13.8 Å². The zero-order chi connectivity index (χ0) is 32.7. The highest BCUT2D eigenvalue weighted by atomic mass is 32.1. The number of carbonyl (C=O) groups is 2. The van der Waals surface area contributed by atoms with E-state index in [1.807, 2.05) is 27.7 Å². The van der Waals surface area contributed by atoms with E-state index in [0.717, 1.165) is 16.9 Å². The van der Waals surface area contributed by atoms with Crippen LogP contribution in [0.1, 0.15) is 72.3 Å². The normalized spacial score (nSPS) is 11.3. The van der Waals surface area contributed by atoms with Crippen molar-refractivity contribution in [3.05, 3.63) is 69.4 Å². The van der Waals surface area contributed by atoms with Crippen molar-refractivity contribution in [1.82, 2.24) is 0 Å². The highest BCUT2D eigenvalue weighted by molar-refractivity contribution is 7.14. The topological polar surface area (TPSA) is 98.9 Å². The summed E-state index contributed by atoms with van der Waals surface area (Å²) in [5, 5.41) is 6.89. The van der Waals surface area contributed by atoms with Crippen LogP contribution in [-0.2, 0) is 4.79 Å². The van der Waals surface area contributed by atoms with Gasteiger partial charge in [-0.05, 0) is 78.9 Å². The van der Waals surface area contributed by atoms with Crippen molar-refractivity contribution in [3.63, 3.8) is 0 Å². The number of rotatable bonds is 8. The molecule has 0 fully saturated rings. The summed E-state index contributed by atoms with van der Waals surface area (Å²) in [5.41, 5.74) is 8.07. The molecule has 13 heteroatoms. The lowest BCUT2D eigenvalue weighted by atomic mass is 9.95. The summed E-state index contributed by atoms with van der Waals surface area (Å²) in [6.45, 7) is 11.3. The second-order valence-electron chi connectivity index (χ2n) is 7.94. The van der Waals surface area contributed by atoms with Gasteiger partial charge in [0.1, 0.15) is 17.6 Å². The van der Waals surface area contributed by atoms with Gasteiger partial charge in [-0.3, -0.25) is 9.59 Å². The molecule has 1 atom stereocenters. The monoisotopic (exact) mass is 623 g/mol. The first kappa shape index (κ1) is 38.3. The Balaban J connectivity index is 0.00000221. The molecule has 0 aliphatic carbocycles. The van der Waals surface area contributed by atoms with Crippen molar-refractivity contribution in [2.75, 3.05) is 0 Å². The number of ether oxygens (including phenoxy) is 2. The first-order valence-corrected chi connectivity index (χ1v) is 13.6. The zero-order valence-electron chi connectivity index (χ0n) is 24.0. The minimum absolute atomic E-state index is 0.210. The van der Waals surface area contributed by atoms with E-state index >= 15 is 0 Å². The van der Waals surface area contributed by atoms with Gasteiger partial charge in [0.2, 0.25) is 0 Å². The Labute approximate surface area is 245 Å². The summed E-state index contributed by atoms with van der Waals surface area (Å²) >= 11 is 0.974. The Bertz CT molecular complexity index is 1220. The Morgan fingerprint density at radius 1 is 0.929 bits per heavy atom. The predicted octanol–water partition coefficient (Wildman–Crippen LogP) is 9.25. The molecule has 1 aromatic heterocycles. The zero-order valence-corrected chi connectivity index (χ0v) is 24.8. The highest BCUT2D eigenvalue weighted by Gasteiger charge is 2.31. The van der Waals surface area contributed by atoms with E-state index in [4.69, 9.17) is 20.4 Å². The van der Waals surface area contributed by atoms with E-state index in [9.17, 15) is 31.1 Å². The van der Waals surface area contributed by atoms with Crippen molar-refractivity contribution in [3.8, 4) is 22.6 Å². The fourth-order valence-corrected chi connectivity index (χ4v) is 4.57. The molecule has 234 valence electrons. The van der Waals surface area contributed by atoms with Gasteiger partial charge in [0, 0.05) is 11.3 Å². The van der Waals surface area contributed by atoms with Crippen molar-refractivity contribution < 1.29 is 50.5 Å². The van der Waals surface area contributed by atoms with Crippen molar-refractivity contribution in [1.29, 1.82) is 0 Å². The van der Waals surface area contributed by atoms with E-state index in [1.54, 1.807) is 26.0 Å². The fourth-order valence-electron chi connectivity index (χ4n) is 3.65. The second-order valence-corrected chi connectivity index (χ2v) is 9.05. The van der Waals surface area contributed by atoms with Crippen LogP contribution in [0.4, 0.5) is 26.3 Å². The number of amides is 1. The van der Waals surface area contributed by atoms with Gasteiger partial charge in [0.25, 0.3) is 12.4 Å². The lowest BCUT2D eigenvalue weighted by molar-refractivity contribution is -0.274. The van der Waals surface area contributed by atoms with Crippen LogP contribution in [-0.4, -0.2) is 30.0 Å². The molecule has 0 radical (unpaired) electrons. The lowest BCUT2D eigenvalue weighted by Crippen LogP contribution is -2.16. The van der Waals surface area contributed by atoms with Gasteiger partial charge in [0.05, 0.1) is 4.88 Å². The Kier molecular flexibility index (Phi) is 16.3. The third kappa shape index (κ3) is 13.3. The molecule has 3 rings (SSSR count). The Morgan fingerprint density at radius 2 is 1.43 bits per heavy atom. The summed E-state index contributed by atoms with van der Waals surface area (Å²) in [4.78, 5) is 20.4. The summed E-state index contributed by atoms with van der Waals surface area (Å²) in [6, 6.07) is 11.6. The molecule has 42 heavy (non-hydrogen) atoms. The van der Waals surface area contributed by atoms with E-state index in [2.05, 4.69) is 4.74 Å². The quantitative estimate of drug-likeness (QED) is 0.193. The minimum atomic E-state index is -4.80. The van der Waals surface area contributed by atoms with Crippen LogP contribution >= 0.6 is 11.3 Å². The van der Waals surface area contributed by atoms with Crippen LogP contribution in [0.15, 0.2) is 48.5 Å². The van der Waals surface area contributed by atoms with Gasteiger partial charge in [-0.15, -0.1) is 24.5 Å². The number of hydrogen-bond acceptors (Lipinski definition) is 5. The number of carboxylic acid groups (broad SMARTS) is 1. The Hall–Kier alpha value is -3.74. The summed E-state index contributed by atoms with van der Waals surface area (Å²) in [6.07, 6.45) is -11.6. The summed E-state index contributed by atoms with van der Waals surface area (Å²) < 4.78 is 85.7. The molecule has 1 unspecified atom stereocenters. The summed E-state index contributed by atoms with van der Waals surface area (Å²) in [5.74, 6) is -0.712. The van der Waals surface area contributed by atoms with E-state index in [0.29, 0.717) is 27.3 Å². The van der Waals surface area contributed by atoms with Crippen LogP contribution < -0.4 is 15.2 Å². The Morgan fingerprint density at radius 3 is 1.83 bits per heavy atom. The number of alkyl halides is 6. The molecule has 0 bridgehead atoms. The van der Waals surface area contributed by atoms with Crippen molar-refractivity contribution in [2.24, 2.45) is 5.73 Å². The average molecular weight is 624 g/mol. The van der Waals surface area contributed by atoms with E-state index in [-0.39, 0.29) is 23.5 Å². The summed E-state index contributed by atoms with van der Waals surface area (Å²) in [7, 11) is 0.